The van der Waals surface area contributed by atoms with E-state index in [0.717, 1.165) is 6.54 Å². The molecule has 2 atom stereocenters. The summed E-state index contributed by atoms with van der Waals surface area (Å²) >= 11 is 0. The Balaban J connectivity index is 4.17. The van der Waals surface area contributed by atoms with Crippen molar-refractivity contribution in [3.8, 4) is 0 Å². The van der Waals surface area contributed by atoms with Crippen LogP contribution in [0.1, 0.15) is 27.7 Å². The maximum absolute atomic E-state index is 5.27. The Morgan fingerprint density at radius 3 is 1.69 bits per heavy atom. The molecule has 3 nitrogen and oxygen atoms in total. The Bertz CT molecular complexity index is 118. The van der Waals surface area contributed by atoms with E-state index in [1.165, 1.54) is 5.92 Å². The summed E-state index contributed by atoms with van der Waals surface area (Å²) in [5.74, 6) is 1.35. The second kappa shape index (κ2) is 6.35. The zero-order valence-electron chi connectivity index (χ0n) is 9.63. The third kappa shape index (κ3) is 4.60. The van der Waals surface area contributed by atoms with E-state index in [1.807, 2.05) is 13.8 Å². The molecule has 2 unspecified atom stereocenters. The van der Waals surface area contributed by atoms with Crippen LogP contribution in [0.3, 0.4) is 0 Å². The molecule has 1 radical (unpaired) electrons. The monoisotopic (exact) mass is 188 g/mol. The molecular formula is C10H22NO2. The average Bonchev–Trinajstić information content (AvgIpc) is 2.11. The van der Waals surface area contributed by atoms with Crippen molar-refractivity contribution >= 4 is 0 Å². The Kier molecular flexibility index (Phi) is 6.29. The second-order valence-electron chi connectivity index (χ2n) is 3.55. The highest BCUT2D eigenvalue weighted by Crippen LogP contribution is 2.11. The molecule has 0 aromatic rings. The molecule has 0 bridgehead atoms. The zero-order chi connectivity index (χ0) is 10.4. The van der Waals surface area contributed by atoms with E-state index in [-0.39, 0.29) is 12.5 Å². The summed E-state index contributed by atoms with van der Waals surface area (Å²) in [6.45, 7) is 9.18. The maximum Gasteiger partial charge on any atom is 0.109 e. The fraction of sp³-hybridized carbons (Fsp3) is 0.900. The topological polar surface area (TPSA) is 21.7 Å². The molecule has 0 saturated heterocycles. The van der Waals surface area contributed by atoms with Crippen LogP contribution in [-0.4, -0.2) is 38.1 Å². The minimum absolute atomic E-state index is 0.0878. The lowest BCUT2D eigenvalue weighted by Gasteiger charge is -2.33. The lowest BCUT2D eigenvalue weighted by atomic mass is 10.2. The Labute approximate surface area is 82.0 Å². The van der Waals surface area contributed by atoms with Gasteiger partial charge in [0.25, 0.3) is 0 Å². The third-order valence-corrected chi connectivity index (χ3v) is 2.12. The SMILES string of the molecule is COC(C)N(C[C](C)C)C(C)OC. The minimum atomic E-state index is 0.0878. The van der Waals surface area contributed by atoms with E-state index in [0.29, 0.717) is 0 Å². The predicted molar refractivity (Wildman–Crippen MR) is 54.2 cm³/mol. The second-order valence-corrected chi connectivity index (χ2v) is 3.55. The molecule has 0 aromatic carbocycles. The van der Waals surface area contributed by atoms with Crippen molar-refractivity contribution in [2.75, 3.05) is 20.8 Å². The molecule has 0 saturated carbocycles. The molecule has 0 aliphatic carbocycles. The highest BCUT2D eigenvalue weighted by atomic mass is 16.5. The molecular weight excluding hydrogens is 166 g/mol. The molecule has 0 rings (SSSR count). The highest BCUT2D eigenvalue weighted by Gasteiger charge is 2.20. The number of rotatable bonds is 6. The summed E-state index contributed by atoms with van der Waals surface area (Å²) in [4.78, 5) is 2.16. The van der Waals surface area contributed by atoms with E-state index in [4.69, 9.17) is 9.47 Å². The standard InChI is InChI=1S/C10H22NO2/c1-8(2)7-11(9(3)12-5)10(4)13-6/h9-10H,7H2,1-6H3. The van der Waals surface area contributed by atoms with Crippen LogP contribution in [0.5, 0.6) is 0 Å². The largest absolute Gasteiger partial charge is 0.367 e. The van der Waals surface area contributed by atoms with E-state index in [9.17, 15) is 0 Å². The zero-order valence-corrected chi connectivity index (χ0v) is 9.63. The van der Waals surface area contributed by atoms with Gasteiger partial charge in [-0.15, -0.1) is 0 Å². The van der Waals surface area contributed by atoms with Gasteiger partial charge in [-0.2, -0.15) is 0 Å². The summed E-state index contributed by atoms with van der Waals surface area (Å²) in [5, 5.41) is 0. The van der Waals surface area contributed by atoms with Crippen molar-refractivity contribution in [1.29, 1.82) is 0 Å². The van der Waals surface area contributed by atoms with Crippen LogP contribution in [0.4, 0.5) is 0 Å². The van der Waals surface area contributed by atoms with Gasteiger partial charge in [0.05, 0.1) is 0 Å². The average molecular weight is 188 g/mol. The van der Waals surface area contributed by atoms with Crippen LogP contribution in [0.25, 0.3) is 0 Å². The summed E-state index contributed by atoms with van der Waals surface area (Å²) in [6.07, 6.45) is 0.176. The number of hydrogen-bond acceptors (Lipinski definition) is 3. The molecule has 3 heteroatoms. The van der Waals surface area contributed by atoms with Gasteiger partial charge < -0.3 is 9.47 Å². The Morgan fingerprint density at radius 1 is 1.08 bits per heavy atom. The van der Waals surface area contributed by atoms with Gasteiger partial charge in [-0.1, -0.05) is 13.8 Å². The third-order valence-electron chi connectivity index (χ3n) is 2.12. The lowest BCUT2D eigenvalue weighted by Crippen LogP contribution is -2.43. The van der Waals surface area contributed by atoms with Gasteiger partial charge in [0, 0.05) is 20.8 Å². The summed E-state index contributed by atoms with van der Waals surface area (Å²) in [5.41, 5.74) is 0. The molecule has 0 amide bonds. The van der Waals surface area contributed by atoms with Gasteiger partial charge in [0.2, 0.25) is 0 Å². The van der Waals surface area contributed by atoms with Crippen molar-refractivity contribution in [2.45, 2.75) is 40.2 Å². The number of ether oxygens (including phenoxy) is 2. The first-order chi connectivity index (χ1) is 6.02. The molecule has 0 fully saturated rings. The van der Waals surface area contributed by atoms with Crippen LogP contribution in [0, 0.1) is 5.92 Å². The highest BCUT2D eigenvalue weighted by molar-refractivity contribution is 4.83. The van der Waals surface area contributed by atoms with Gasteiger partial charge in [-0.3, -0.25) is 4.90 Å². The van der Waals surface area contributed by atoms with Crippen molar-refractivity contribution in [3.05, 3.63) is 5.92 Å². The first kappa shape index (κ1) is 12.9. The first-order valence-corrected chi connectivity index (χ1v) is 4.63. The fourth-order valence-corrected chi connectivity index (χ4v) is 1.19. The minimum Gasteiger partial charge on any atom is -0.367 e. The Hall–Kier alpha value is -0.120. The van der Waals surface area contributed by atoms with Crippen LogP contribution >= 0.6 is 0 Å². The quantitative estimate of drug-likeness (QED) is 0.594. The van der Waals surface area contributed by atoms with Crippen molar-refractivity contribution in [3.63, 3.8) is 0 Å². The predicted octanol–water partition coefficient (Wildman–Crippen LogP) is 1.89. The van der Waals surface area contributed by atoms with Crippen molar-refractivity contribution < 1.29 is 9.47 Å². The number of hydrogen-bond donors (Lipinski definition) is 0. The molecule has 13 heavy (non-hydrogen) atoms. The molecule has 0 spiro atoms. The maximum atomic E-state index is 5.27. The summed E-state index contributed by atoms with van der Waals surface area (Å²) < 4.78 is 10.5. The van der Waals surface area contributed by atoms with E-state index >= 15 is 0 Å². The van der Waals surface area contributed by atoms with Crippen LogP contribution in [0.2, 0.25) is 0 Å². The van der Waals surface area contributed by atoms with E-state index in [2.05, 4.69) is 18.7 Å². The van der Waals surface area contributed by atoms with Crippen LogP contribution < -0.4 is 0 Å². The fourth-order valence-electron chi connectivity index (χ4n) is 1.19. The smallest absolute Gasteiger partial charge is 0.109 e. The molecule has 0 aromatic heterocycles. The van der Waals surface area contributed by atoms with Gasteiger partial charge in [-0.05, 0) is 19.8 Å². The van der Waals surface area contributed by atoms with Gasteiger partial charge in [0.1, 0.15) is 12.5 Å². The first-order valence-electron chi connectivity index (χ1n) is 4.63. The molecule has 0 N–H and O–H groups in total. The van der Waals surface area contributed by atoms with E-state index < -0.39 is 0 Å². The van der Waals surface area contributed by atoms with Gasteiger partial charge in [0.15, 0.2) is 0 Å². The number of nitrogens with zero attached hydrogens (tertiary/aromatic N) is 1. The number of methoxy groups -OCH3 is 2. The molecule has 0 aliphatic rings. The van der Waals surface area contributed by atoms with Crippen LogP contribution in [-0.2, 0) is 9.47 Å². The molecule has 0 aliphatic heterocycles. The molecule has 79 valence electrons. The summed E-state index contributed by atoms with van der Waals surface area (Å²) in [7, 11) is 3.43. The lowest BCUT2D eigenvalue weighted by molar-refractivity contribution is -0.114. The van der Waals surface area contributed by atoms with Crippen molar-refractivity contribution in [1.82, 2.24) is 4.90 Å². The van der Waals surface area contributed by atoms with Gasteiger partial charge in [-0.25, -0.2) is 0 Å². The Morgan fingerprint density at radius 2 is 1.46 bits per heavy atom. The van der Waals surface area contributed by atoms with Gasteiger partial charge >= 0.3 is 0 Å². The van der Waals surface area contributed by atoms with Crippen molar-refractivity contribution in [2.24, 2.45) is 0 Å². The summed E-state index contributed by atoms with van der Waals surface area (Å²) in [6, 6.07) is 0. The normalized spacial score (nSPS) is 16.6. The molecule has 0 heterocycles. The van der Waals surface area contributed by atoms with E-state index in [1.54, 1.807) is 14.2 Å². The van der Waals surface area contributed by atoms with Crippen LogP contribution in [0.15, 0.2) is 0 Å².